The van der Waals surface area contributed by atoms with E-state index in [9.17, 15) is 14.7 Å². The number of amides is 2. The lowest BCUT2D eigenvalue weighted by molar-refractivity contribution is -0.119. The maximum Gasteiger partial charge on any atom is 0.279 e. The van der Waals surface area contributed by atoms with E-state index in [1.807, 2.05) is 0 Å². The molecule has 31 heavy (non-hydrogen) atoms. The van der Waals surface area contributed by atoms with Crippen molar-refractivity contribution in [2.45, 2.75) is 0 Å². The highest BCUT2D eigenvalue weighted by molar-refractivity contribution is 7.73. The minimum absolute atomic E-state index is 0.123. The Morgan fingerprint density at radius 2 is 1.90 bits per heavy atom. The molecule has 2 N–H and O–H groups in total. The first kappa shape index (κ1) is 21.8. The SMILES string of the molecule is O=C(COc1cc(Cl)c(Cl)cc1Cl)Nn1c(O)c(C2=c3ccccc3=NC2=O)sc1=S. The van der Waals surface area contributed by atoms with Gasteiger partial charge in [-0.1, -0.05) is 64.3 Å². The summed E-state index contributed by atoms with van der Waals surface area (Å²) in [4.78, 5) is 28.9. The fraction of sp³-hybridized carbons (Fsp3) is 0.0526. The first-order valence-electron chi connectivity index (χ1n) is 8.51. The normalized spacial score (nSPS) is 12.5. The second-order valence-corrected chi connectivity index (χ2v) is 9.05. The number of ether oxygens (including phenoxy) is 1. The van der Waals surface area contributed by atoms with Crippen molar-refractivity contribution in [2.24, 2.45) is 4.99 Å². The molecular formula is C19H10Cl3N3O4S2. The third kappa shape index (κ3) is 4.19. The fourth-order valence-electron chi connectivity index (χ4n) is 2.83. The summed E-state index contributed by atoms with van der Waals surface area (Å²) in [5, 5.41) is 12.4. The minimum atomic E-state index is -0.634. The molecule has 0 aliphatic carbocycles. The van der Waals surface area contributed by atoms with Gasteiger partial charge in [-0.15, -0.1) is 0 Å². The number of nitrogens with zero attached hydrogens (tertiary/aromatic N) is 2. The summed E-state index contributed by atoms with van der Waals surface area (Å²) in [7, 11) is 0. The summed E-state index contributed by atoms with van der Waals surface area (Å²) in [6, 6.07) is 9.71. The van der Waals surface area contributed by atoms with E-state index >= 15 is 0 Å². The number of rotatable bonds is 5. The van der Waals surface area contributed by atoms with Crippen LogP contribution >= 0.6 is 58.4 Å². The van der Waals surface area contributed by atoms with E-state index in [1.54, 1.807) is 24.3 Å². The van der Waals surface area contributed by atoms with Gasteiger partial charge in [0.1, 0.15) is 10.6 Å². The summed E-state index contributed by atoms with van der Waals surface area (Å²) >= 11 is 24.0. The molecule has 1 aromatic heterocycles. The zero-order valence-corrected chi connectivity index (χ0v) is 19.1. The van der Waals surface area contributed by atoms with Gasteiger partial charge in [0.05, 0.1) is 26.0 Å². The molecule has 0 radical (unpaired) electrons. The average Bonchev–Trinajstić information content (AvgIpc) is 3.19. The number of aromatic nitrogens is 1. The van der Waals surface area contributed by atoms with Gasteiger partial charge < -0.3 is 9.84 Å². The molecule has 2 aromatic carbocycles. The van der Waals surface area contributed by atoms with Gasteiger partial charge in [-0.3, -0.25) is 15.0 Å². The standard InChI is InChI=1S/C19H10Cl3N3O4S2/c20-9-5-11(22)13(6-10(9)21)29-7-14(26)24-25-18(28)16(31-19(25)30)15-8-3-1-2-4-12(8)23-17(15)27/h1-6,28H,7H2,(H,24,26). The average molecular weight is 515 g/mol. The predicted octanol–water partition coefficient (Wildman–Crippen LogP) is 3.45. The monoisotopic (exact) mass is 513 g/mol. The van der Waals surface area contributed by atoms with Crippen LogP contribution in [0.4, 0.5) is 0 Å². The fourth-order valence-corrected chi connectivity index (χ4v) is 4.68. The summed E-state index contributed by atoms with van der Waals surface area (Å²) in [5.74, 6) is -1.35. The van der Waals surface area contributed by atoms with Gasteiger partial charge >= 0.3 is 0 Å². The number of nitrogens with one attached hydrogen (secondary N) is 1. The maximum atomic E-state index is 12.4. The van der Waals surface area contributed by atoms with Crippen LogP contribution in [0.1, 0.15) is 4.88 Å². The Balaban J connectivity index is 1.58. The molecule has 1 aliphatic heterocycles. The lowest BCUT2D eigenvalue weighted by atomic mass is 10.1. The molecule has 0 bridgehead atoms. The molecule has 2 amide bonds. The third-order valence-electron chi connectivity index (χ3n) is 4.19. The van der Waals surface area contributed by atoms with Gasteiger partial charge in [0.15, 0.2) is 10.6 Å². The molecule has 0 atom stereocenters. The Morgan fingerprint density at radius 3 is 2.68 bits per heavy atom. The van der Waals surface area contributed by atoms with Crippen LogP contribution in [0.15, 0.2) is 41.4 Å². The zero-order chi connectivity index (χ0) is 22.3. The van der Waals surface area contributed by atoms with Crippen molar-refractivity contribution in [3.63, 3.8) is 0 Å². The van der Waals surface area contributed by atoms with Crippen molar-refractivity contribution in [1.82, 2.24) is 4.68 Å². The lowest BCUT2D eigenvalue weighted by Crippen LogP contribution is -2.28. The number of thiazole rings is 1. The van der Waals surface area contributed by atoms with E-state index in [0.29, 0.717) is 10.6 Å². The van der Waals surface area contributed by atoms with Crippen LogP contribution in [-0.2, 0) is 9.59 Å². The van der Waals surface area contributed by atoms with Crippen molar-refractivity contribution < 1.29 is 19.4 Å². The van der Waals surface area contributed by atoms with Crippen LogP contribution < -0.4 is 20.7 Å². The summed E-state index contributed by atoms with van der Waals surface area (Å²) in [6.07, 6.45) is 0. The summed E-state index contributed by atoms with van der Waals surface area (Å²) in [5.41, 5.74) is 2.65. The van der Waals surface area contributed by atoms with E-state index in [4.69, 9.17) is 51.8 Å². The van der Waals surface area contributed by atoms with Crippen molar-refractivity contribution in [3.8, 4) is 11.6 Å². The van der Waals surface area contributed by atoms with E-state index in [0.717, 1.165) is 16.0 Å². The van der Waals surface area contributed by atoms with Crippen molar-refractivity contribution in [1.29, 1.82) is 0 Å². The van der Waals surface area contributed by atoms with Gasteiger partial charge in [0.25, 0.3) is 11.8 Å². The largest absolute Gasteiger partial charge is 0.492 e. The highest BCUT2D eigenvalue weighted by Gasteiger charge is 2.25. The smallest absolute Gasteiger partial charge is 0.279 e. The Bertz CT molecular complexity index is 1430. The van der Waals surface area contributed by atoms with E-state index in [2.05, 4.69) is 10.4 Å². The van der Waals surface area contributed by atoms with E-state index < -0.39 is 18.4 Å². The lowest BCUT2D eigenvalue weighted by Gasteiger charge is -2.11. The minimum Gasteiger partial charge on any atom is -0.492 e. The molecule has 12 heteroatoms. The van der Waals surface area contributed by atoms with E-state index in [-0.39, 0.29) is 41.1 Å². The second-order valence-electron chi connectivity index (χ2n) is 6.19. The van der Waals surface area contributed by atoms with Gasteiger partial charge in [0, 0.05) is 11.3 Å². The molecule has 0 saturated heterocycles. The molecule has 3 aromatic rings. The zero-order valence-electron chi connectivity index (χ0n) is 15.2. The van der Waals surface area contributed by atoms with Crippen LogP contribution in [0.2, 0.25) is 15.1 Å². The van der Waals surface area contributed by atoms with Crippen molar-refractivity contribution >= 4 is 75.7 Å². The van der Waals surface area contributed by atoms with Crippen LogP contribution in [0.5, 0.6) is 11.6 Å². The van der Waals surface area contributed by atoms with Crippen LogP contribution in [0, 0.1) is 3.95 Å². The first-order valence-corrected chi connectivity index (χ1v) is 10.9. The Morgan fingerprint density at radius 1 is 1.19 bits per heavy atom. The highest BCUT2D eigenvalue weighted by Crippen LogP contribution is 2.34. The Labute approximate surface area is 198 Å². The highest BCUT2D eigenvalue weighted by atomic mass is 35.5. The third-order valence-corrected chi connectivity index (χ3v) is 6.59. The second kappa shape index (κ2) is 8.60. The van der Waals surface area contributed by atoms with Gasteiger partial charge in [-0.25, -0.2) is 4.99 Å². The number of para-hydroxylation sites is 1. The number of hydrogen-bond acceptors (Lipinski definition) is 6. The van der Waals surface area contributed by atoms with Crippen molar-refractivity contribution in [2.75, 3.05) is 12.0 Å². The quantitative estimate of drug-likeness (QED) is 0.402. The molecule has 158 valence electrons. The van der Waals surface area contributed by atoms with E-state index in [1.165, 1.54) is 12.1 Å². The number of carbonyl (C=O) groups excluding carboxylic acids is 2. The number of aromatic hydroxyl groups is 1. The molecule has 4 rings (SSSR count). The Kier molecular flexibility index (Phi) is 6.05. The van der Waals surface area contributed by atoms with Gasteiger partial charge in [-0.2, -0.15) is 4.68 Å². The molecule has 0 spiro atoms. The molecule has 0 unspecified atom stereocenters. The van der Waals surface area contributed by atoms with Crippen molar-refractivity contribution in [3.05, 3.63) is 70.9 Å². The topological polar surface area (TPSA) is 92.9 Å². The molecule has 0 fully saturated rings. The van der Waals surface area contributed by atoms with Gasteiger partial charge in [-0.05, 0) is 24.4 Å². The first-order chi connectivity index (χ1) is 14.8. The number of halogens is 3. The number of benzene rings is 2. The molecule has 7 nitrogen and oxygen atoms in total. The predicted molar refractivity (Wildman–Crippen MR) is 121 cm³/mol. The number of hydrogen-bond donors (Lipinski definition) is 2. The van der Waals surface area contributed by atoms with Gasteiger partial charge in [0.2, 0.25) is 5.88 Å². The molecule has 1 aliphatic rings. The summed E-state index contributed by atoms with van der Waals surface area (Å²) < 4.78 is 6.49. The van der Waals surface area contributed by atoms with Crippen LogP contribution in [-0.4, -0.2) is 28.2 Å². The molecule has 2 heterocycles. The number of carbonyl (C=O) groups is 2. The molecular weight excluding hydrogens is 505 g/mol. The molecule has 0 saturated carbocycles. The summed E-state index contributed by atoms with van der Waals surface area (Å²) in [6.45, 7) is -0.447. The number of fused-ring (bicyclic) bond motifs is 1. The maximum absolute atomic E-state index is 12.4. The van der Waals surface area contributed by atoms with Crippen LogP contribution in [0.3, 0.4) is 0 Å². The Hall–Kier alpha value is -2.43. The van der Waals surface area contributed by atoms with Crippen LogP contribution in [0.25, 0.3) is 5.57 Å².